The van der Waals surface area contributed by atoms with Crippen LogP contribution in [0, 0.1) is 0 Å². The lowest BCUT2D eigenvalue weighted by Crippen LogP contribution is -2.17. The van der Waals surface area contributed by atoms with E-state index in [9.17, 15) is 9.59 Å². The number of amides is 1. The van der Waals surface area contributed by atoms with Crippen LogP contribution < -0.4 is 14.9 Å². The quantitative estimate of drug-likeness (QED) is 0.203. The Bertz CT molecular complexity index is 1130. The second kappa shape index (κ2) is 11.5. The molecule has 1 amide bonds. The number of hydrogen-bond acceptors (Lipinski definition) is 7. The number of para-hydroxylation sites is 1. The lowest BCUT2D eigenvalue weighted by Gasteiger charge is -2.16. The van der Waals surface area contributed by atoms with Crippen LogP contribution in [0.4, 0.5) is 0 Å². The molecule has 0 aliphatic rings. The van der Waals surface area contributed by atoms with Crippen molar-refractivity contribution in [1.82, 2.24) is 5.43 Å². The number of carbonyl (C=O) groups is 2. The highest BCUT2D eigenvalue weighted by Gasteiger charge is 2.15. The molecular weight excluding hydrogens is 424 g/mol. The largest absolute Gasteiger partial charge is 0.490 e. The van der Waals surface area contributed by atoms with Gasteiger partial charge in [-0.05, 0) is 50.1 Å². The van der Waals surface area contributed by atoms with Crippen molar-refractivity contribution in [3.63, 3.8) is 0 Å². The number of ether oxygens (including phenoxy) is 3. The van der Waals surface area contributed by atoms with Crippen LogP contribution in [0.5, 0.6) is 11.5 Å². The van der Waals surface area contributed by atoms with Crippen molar-refractivity contribution in [2.45, 2.75) is 20.3 Å². The average Bonchev–Trinajstić information content (AvgIpc) is 3.24. The zero-order valence-corrected chi connectivity index (χ0v) is 18.6. The minimum Gasteiger partial charge on any atom is -0.490 e. The first kappa shape index (κ1) is 23.6. The highest BCUT2D eigenvalue weighted by molar-refractivity contribution is 5.96. The van der Waals surface area contributed by atoms with E-state index in [0.29, 0.717) is 35.7 Å². The number of rotatable bonds is 11. The number of benzene rings is 2. The van der Waals surface area contributed by atoms with E-state index in [2.05, 4.69) is 17.1 Å². The molecule has 8 heteroatoms. The number of furan rings is 1. The third kappa shape index (κ3) is 6.22. The second-order valence-corrected chi connectivity index (χ2v) is 6.87. The monoisotopic (exact) mass is 450 g/mol. The summed E-state index contributed by atoms with van der Waals surface area (Å²) < 4.78 is 21.9. The molecule has 1 heterocycles. The third-order valence-corrected chi connectivity index (χ3v) is 4.49. The van der Waals surface area contributed by atoms with Crippen molar-refractivity contribution >= 4 is 29.1 Å². The molecule has 0 saturated heterocycles. The van der Waals surface area contributed by atoms with Gasteiger partial charge in [-0.25, -0.2) is 10.2 Å². The number of nitrogens with one attached hydrogen (secondary N) is 1. The Balaban J connectivity index is 1.78. The maximum atomic E-state index is 12.4. The molecule has 0 atom stereocenters. The summed E-state index contributed by atoms with van der Waals surface area (Å²) >= 11 is 0. The molecule has 0 saturated carbocycles. The fraction of sp³-hybridized carbons (Fsp3) is 0.240. The summed E-state index contributed by atoms with van der Waals surface area (Å²) in [6.45, 7) is 7.78. The molecule has 8 nitrogen and oxygen atoms in total. The molecule has 0 aliphatic heterocycles. The van der Waals surface area contributed by atoms with Crippen molar-refractivity contribution in [1.29, 1.82) is 0 Å². The molecule has 0 spiro atoms. The molecule has 0 fully saturated rings. The molecule has 33 heavy (non-hydrogen) atoms. The SMILES string of the molecule is C=CCc1cc(/C=N/NC(=O)c2cc3ccccc3o2)cc(OCC)c1OCC(=O)OCC. The summed E-state index contributed by atoms with van der Waals surface area (Å²) in [4.78, 5) is 24.1. The van der Waals surface area contributed by atoms with Gasteiger partial charge in [-0.15, -0.1) is 6.58 Å². The summed E-state index contributed by atoms with van der Waals surface area (Å²) in [6, 6.07) is 12.6. The number of carbonyl (C=O) groups excluding carboxylic acids is 2. The molecule has 1 N–H and O–H groups in total. The van der Waals surface area contributed by atoms with Gasteiger partial charge in [0.15, 0.2) is 23.9 Å². The van der Waals surface area contributed by atoms with Crippen LogP contribution >= 0.6 is 0 Å². The van der Waals surface area contributed by atoms with E-state index in [1.54, 1.807) is 31.2 Å². The van der Waals surface area contributed by atoms with E-state index in [1.165, 1.54) is 6.21 Å². The van der Waals surface area contributed by atoms with Gasteiger partial charge in [0.1, 0.15) is 5.58 Å². The van der Waals surface area contributed by atoms with E-state index < -0.39 is 11.9 Å². The van der Waals surface area contributed by atoms with Gasteiger partial charge in [-0.1, -0.05) is 24.3 Å². The Morgan fingerprint density at radius 2 is 1.94 bits per heavy atom. The summed E-state index contributed by atoms with van der Waals surface area (Å²) in [5.41, 5.74) is 4.51. The molecule has 0 aliphatic carbocycles. The summed E-state index contributed by atoms with van der Waals surface area (Å²) in [5, 5.41) is 4.87. The van der Waals surface area contributed by atoms with E-state index in [0.717, 1.165) is 10.9 Å². The molecule has 0 radical (unpaired) electrons. The van der Waals surface area contributed by atoms with Crippen molar-refractivity contribution in [2.75, 3.05) is 19.8 Å². The zero-order valence-electron chi connectivity index (χ0n) is 18.6. The smallest absolute Gasteiger partial charge is 0.344 e. The summed E-state index contributed by atoms with van der Waals surface area (Å²) in [6.07, 6.45) is 3.68. The van der Waals surface area contributed by atoms with Crippen LogP contribution in [0.25, 0.3) is 11.0 Å². The Kier molecular flexibility index (Phi) is 8.24. The first-order valence-electron chi connectivity index (χ1n) is 10.6. The summed E-state index contributed by atoms with van der Waals surface area (Å²) in [5.74, 6) is 0.120. The molecule has 3 aromatic rings. The molecule has 172 valence electrons. The van der Waals surface area contributed by atoms with Gasteiger partial charge in [0, 0.05) is 10.9 Å². The van der Waals surface area contributed by atoms with Gasteiger partial charge in [-0.2, -0.15) is 5.10 Å². The third-order valence-electron chi connectivity index (χ3n) is 4.49. The van der Waals surface area contributed by atoms with E-state index in [-0.39, 0.29) is 19.0 Å². The predicted molar refractivity (Wildman–Crippen MR) is 125 cm³/mol. The lowest BCUT2D eigenvalue weighted by atomic mass is 10.1. The van der Waals surface area contributed by atoms with Crippen LogP contribution in [0.3, 0.4) is 0 Å². The molecule has 0 bridgehead atoms. The molecule has 3 rings (SSSR count). The minimum atomic E-state index is -0.469. The highest BCUT2D eigenvalue weighted by atomic mass is 16.6. The molecule has 2 aromatic carbocycles. The van der Waals surface area contributed by atoms with Crippen molar-refractivity contribution in [2.24, 2.45) is 5.10 Å². The predicted octanol–water partition coefficient (Wildman–Crippen LogP) is 4.27. The average molecular weight is 450 g/mol. The number of hydrazone groups is 1. The Hall–Kier alpha value is -4.07. The van der Waals surface area contributed by atoms with E-state index in [4.69, 9.17) is 18.6 Å². The van der Waals surface area contributed by atoms with Crippen LogP contribution in [0.2, 0.25) is 0 Å². The van der Waals surface area contributed by atoms with Gasteiger partial charge in [0.25, 0.3) is 0 Å². The molecule has 1 aromatic heterocycles. The van der Waals surface area contributed by atoms with Crippen LogP contribution in [-0.2, 0) is 16.0 Å². The minimum absolute atomic E-state index is 0.165. The van der Waals surface area contributed by atoms with Crippen molar-refractivity contribution < 1.29 is 28.2 Å². The van der Waals surface area contributed by atoms with Gasteiger partial charge in [0.2, 0.25) is 0 Å². The van der Waals surface area contributed by atoms with Crippen molar-refractivity contribution in [3.05, 3.63) is 72.0 Å². The van der Waals surface area contributed by atoms with Gasteiger partial charge >= 0.3 is 11.9 Å². The molecule has 0 unspecified atom stereocenters. The maximum Gasteiger partial charge on any atom is 0.344 e. The Morgan fingerprint density at radius 3 is 2.67 bits per heavy atom. The fourth-order valence-electron chi connectivity index (χ4n) is 3.14. The van der Waals surface area contributed by atoms with Crippen LogP contribution in [0.15, 0.2) is 64.6 Å². The first-order chi connectivity index (χ1) is 16.0. The zero-order chi connectivity index (χ0) is 23.6. The first-order valence-corrected chi connectivity index (χ1v) is 10.6. The van der Waals surface area contributed by atoms with Gasteiger partial charge in [-0.3, -0.25) is 4.79 Å². The van der Waals surface area contributed by atoms with Crippen molar-refractivity contribution in [3.8, 4) is 11.5 Å². The topological polar surface area (TPSA) is 99.4 Å². The van der Waals surface area contributed by atoms with Gasteiger partial charge in [0.05, 0.1) is 19.4 Å². The number of hydrogen-bond donors (Lipinski definition) is 1. The van der Waals surface area contributed by atoms with Crippen LogP contribution in [-0.4, -0.2) is 37.9 Å². The number of fused-ring (bicyclic) bond motifs is 1. The number of allylic oxidation sites excluding steroid dienone is 1. The molecular formula is C25H26N2O6. The van der Waals surface area contributed by atoms with Gasteiger partial charge < -0.3 is 18.6 Å². The standard InChI is InChI=1S/C25H26N2O6/c1-4-9-19-12-17(13-21(30-5-2)24(19)32-16-23(28)31-6-3)15-26-27-25(29)22-14-18-10-7-8-11-20(18)33-22/h4,7-8,10-15H,1,5-6,9,16H2,2-3H3,(H,27,29)/b26-15+. The highest BCUT2D eigenvalue weighted by Crippen LogP contribution is 2.33. The normalized spacial score (nSPS) is 10.8. The Labute approximate surface area is 191 Å². The second-order valence-electron chi connectivity index (χ2n) is 6.87. The van der Waals surface area contributed by atoms with E-state index in [1.807, 2.05) is 31.2 Å². The Morgan fingerprint density at radius 1 is 1.12 bits per heavy atom. The van der Waals surface area contributed by atoms with Crippen LogP contribution in [0.1, 0.15) is 35.5 Å². The fourth-order valence-corrected chi connectivity index (χ4v) is 3.14. The number of esters is 1. The van der Waals surface area contributed by atoms with E-state index >= 15 is 0 Å². The summed E-state index contributed by atoms with van der Waals surface area (Å²) in [7, 11) is 0. The maximum absolute atomic E-state index is 12.4. The lowest BCUT2D eigenvalue weighted by molar-refractivity contribution is -0.145. The number of nitrogens with zero attached hydrogens (tertiary/aromatic N) is 1.